The van der Waals surface area contributed by atoms with Crippen LogP contribution in [0.15, 0.2) is 30.3 Å². The number of likely N-dealkylation sites (N-methyl/N-ethyl adjacent to an activating group) is 1. The van der Waals surface area contributed by atoms with Gasteiger partial charge in [-0.25, -0.2) is 4.79 Å². The Labute approximate surface area is 126 Å². The molecule has 0 aliphatic rings. The van der Waals surface area contributed by atoms with E-state index in [0.717, 1.165) is 17.7 Å². The van der Waals surface area contributed by atoms with E-state index in [1.165, 1.54) is 0 Å². The molecule has 0 bridgehead atoms. The highest BCUT2D eigenvalue weighted by molar-refractivity contribution is 7.99. The lowest BCUT2D eigenvalue weighted by atomic mass is 9.87. The molecule has 1 N–H and O–H groups in total. The average Bonchev–Trinajstić information content (AvgIpc) is 2.44. The van der Waals surface area contributed by atoms with Crippen molar-refractivity contribution in [2.24, 2.45) is 0 Å². The summed E-state index contributed by atoms with van der Waals surface area (Å²) in [7, 11) is 1.82. The fourth-order valence-corrected chi connectivity index (χ4v) is 3.06. The maximum atomic E-state index is 12.5. The van der Waals surface area contributed by atoms with Gasteiger partial charge in [0.1, 0.15) is 5.54 Å². The maximum Gasteiger partial charge on any atom is 0.331 e. The molecular weight excluding hydrogens is 270 g/mol. The first-order valence-corrected chi connectivity index (χ1v) is 8.15. The van der Waals surface area contributed by atoms with E-state index in [4.69, 9.17) is 4.74 Å². The minimum atomic E-state index is -0.751. The van der Waals surface area contributed by atoms with Crippen molar-refractivity contribution in [1.82, 2.24) is 5.32 Å². The molecule has 0 aliphatic heterocycles. The van der Waals surface area contributed by atoms with Crippen LogP contribution < -0.4 is 5.32 Å². The van der Waals surface area contributed by atoms with Crippen LogP contribution in [0.1, 0.15) is 32.8 Å². The van der Waals surface area contributed by atoms with Gasteiger partial charge in [0.2, 0.25) is 0 Å². The first-order valence-electron chi connectivity index (χ1n) is 7.10. The maximum absolute atomic E-state index is 12.5. The van der Waals surface area contributed by atoms with Crippen LogP contribution in [0, 0.1) is 0 Å². The third-order valence-electron chi connectivity index (χ3n) is 3.25. The summed E-state index contributed by atoms with van der Waals surface area (Å²) in [6.45, 7) is 6.57. The van der Waals surface area contributed by atoms with Crippen LogP contribution in [0.2, 0.25) is 0 Å². The standard InChI is InChI=1S/C16H25NO2S/c1-5-19-15(18)16(17-4,11-12-20-13(2)3)14-9-7-6-8-10-14/h6-10,13,17H,5,11-12H2,1-4H3. The van der Waals surface area contributed by atoms with Crippen molar-refractivity contribution >= 4 is 17.7 Å². The molecule has 1 rings (SSSR count). The van der Waals surface area contributed by atoms with Crippen LogP contribution in [0.25, 0.3) is 0 Å². The quantitative estimate of drug-likeness (QED) is 0.748. The molecule has 0 amide bonds. The van der Waals surface area contributed by atoms with Crippen LogP contribution in [0.3, 0.4) is 0 Å². The van der Waals surface area contributed by atoms with E-state index in [2.05, 4.69) is 19.2 Å². The zero-order valence-electron chi connectivity index (χ0n) is 12.8. The van der Waals surface area contributed by atoms with Crippen LogP contribution >= 0.6 is 11.8 Å². The number of nitrogens with one attached hydrogen (secondary N) is 1. The number of esters is 1. The smallest absolute Gasteiger partial charge is 0.331 e. The van der Waals surface area contributed by atoms with Gasteiger partial charge in [-0.15, -0.1) is 0 Å². The number of carbonyl (C=O) groups excluding carboxylic acids is 1. The van der Waals surface area contributed by atoms with Gasteiger partial charge in [0.15, 0.2) is 0 Å². The Balaban J connectivity index is 3.00. The number of hydrogen-bond acceptors (Lipinski definition) is 4. The minimum absolute atomic E-state index is 0.196. The summed E-state index contributed by atoms with van der Waals surface area (Å²) in [5.74, 6) is 0.713. The molecule has 0 radical (unpaired) electrons. The van der Waals surface area contributed by atoms with Gasteiger partial charge in [-0.2, -0.15) is 11.8 Å². The largest absolute Gasteiger partial charge is 0.464 e. The van der Waals surface area contributed by atoms with Crippen molar-refractivity contribution < 1.29 is 9.53 Å². The molecular formula is C16H25NO2S. The van der Waals surface area contributed by atoms with Gasteiger partial charge in [-0.3, -0.25) is 0 Å². The number of benzene rings is 1. The predicted molar refractivity (Wildman–Crippen MR) is 86.0 cm³/mol. The number of ether oxygens (including phenoxy) is 1. The van der Waals surface area contributed by atoms with Crippen molar-refractivity contribution in [2.75, 3.05) is 19.4 Å². The molecule has 1 atom stereocenters. The third-order valence-corrected chi connectivity index (χ3v) is 4.35. The van der Waals surface area contributed by atoms with Gasteiger partial charge in [0, 0.05) is 0 Å². The molecule has 0 aliphatic carbocycles. The molecule has 1 aromatic carbocycles. The average molecular weight is 295 g/mol. The highest BCUT2D eigenvalue weighted by Gasteiger charge is 2.39. The summed E-state index contributed by atoms with van der Waals surface area (Å²) in [4.78, 5) is 12.5. The fraction of sp³-hybridized carbons (Fsp3) is 0.562. The predicted octanol–water partition coefficient (Wildman–Crippen LogP) is 3.20. The Morgan fingerprint density at radius 2 is 2.00 bits per heavy atom. The number of rotatable bonds is 8. The normalized spacial score (nSPS) is 14.1. The number of carbonyl (C=O) groups is 1. The van der Waals surface area contributed by atoms with E-state index in [0.29, 0.717) is 11.9 Å². The first-order chi connectivity index (χ1) is 9.56. The summed E-state index contributed by atoms with van der Waals surface area (Å²) in [6, 6.07) is 9.82. The van der Waals surface area contributed by atoms with Gasteiger partial charge in [-0.05, 0) is 37.0 Å². The van der Waals surface area contributed by atoms with Crippen molar-refractivity contribution in [1.29, 1.82) is 0 Å². The van der Waals surface area contributed by atoms with E-state index in [1.807, 2.05) is 56.1 Å². The van der Waals surface area contributed by atoms with Crippen LogP contribution in [-0.2, 0) is 15.1 Å². The molecule has 112 valence electrons. The first kappa shape index (κ1) is 17.1. The highest BCUT2D eigenvalue weighted by Crippen LogP contribution is 2.29. The second kappa shape index (κ2) is 8.32. The molecule has 1 aromatic rings. The van der Waals surface area contributed by atoms with E-state index >= 15 is 0 Å². The lowest BCUT2D eigenvalue weighted by molar-refractivity contribution is -0.151. The Bertz CT molecular complexity index is 408. The third kappa shape index (κ3) is 4.25. The number of hydrogen-bond donors (Lipinski definition) is 1. The molecule has 0 saturated carbocycles. The SMILES string of the molecule is CCOC(=O)C(CCSC(C)C)(NC)c1ccccc1. The summed E-state index contributed by atoms with van der Waals surface area (Å²) in [6.07, 6.45) is 0.717. The van der Waals surface area contributed by atoms with Gasteiger partial charge >= 0.3 is 5.97 Å². The molecule has 3 nitrogen and oxygen atoms in total. The molecule has 20 heavy (non-hydrogen) atoms. The summed E-state index contributed by atoms with van der Waals surface area (Å²) >= 11 is 1.86. The second-order valence-electron chi connectivity index (χ2n) is 4.91. The van der Waals surface area contributed by atoms with E-state index in [1.54, 1.807) is 0 Å². The zero-order valence-corrected chi connectivity index (χ0v) is 13.6. The van der Waals surface area contributed by atoms with Crippen molar-refractivity contribution in [3.8, 4) is 0 Å². The second-order valence-corrected chi connectivity index (χ2v) is 6.60. The van der Waals surface area contributed by atoms with Crippen molar-refractivity contribution in [3.63, 3.8) is 0 Å². The minimum Gasteiger partial charge on any atom is -0.464 e. The Kier molecular flexibility index (Phi) is 7.10. The molecule has 4 heteroatoms. The lowest BCUT2D eigenvalue weighted by Crippen LogP contribution is -2.49. The van der Waals surface area contributed by atoms with Crippen LogP contribution in [0.4, 0.5) is 0 Å². The van der Waals surface area contributed by atoms with Gasteiger partial charge < -0.3 is 10.1 Å². The monoisotopic (exact) mass is 295 g/mol. The fourth-order valence-electron chi connectivity index (χ4n) is 2.16. The van der Waals surface area contributed by atoms with Crippen LogP contribution in [0.5, 0.6) is 0 Å². The zero-order chi connectivity index (χ0) is 15.0. The van der Waals surface area contributed by atoms with Gasteiger partial charge in [0.25, 0.3) is 0 Å². The Morgan fingerprint density at radius 1 is 1.35 bits per heavy atom. The van der Waals surface area contributed by atoms with E-state index < -0.39 is 5.54 Å². The Morgan fingerprint density at radius 3 is 2.50 bits per heavy atom. The molecule has 0 spiro atoms. The van der Waals surface area contributed by atoms with Gasteiger partial charge in [0.05, 0.1) is 6.61 Å². The van der Waals surface area contributed by atoms with Gasteiger partial charge in [-0.1, -0.05) is 44.2 Å². The van der Waals surface area contributed by atoms with E-state index in [9.17, 15) is 4.79 Å². The topological polar surface area (TPSA) is 38.3 Å². The highest BCUT2D eigenvalue weighted by atomic mass is 32.2. The summed E-state index contributed by atoms with van der Waals surface area (Å²) in [5, 5.41) is 3.76. The summed E-state index contributed by atoms with van der Waals surface area (Å²) < 4.78 is 5.30. The van der Waals surface area contributed by atoms with Crippen LogP contribution in [-0.4, -0.2) is 30.6 Å². The van der Waals surface area contributed by atoms with E-state index in [-0.39, 0.29) is 5.97 Å². The molecule has 0 fully saturated rings. The molecule has 0 aromatic heterocycles. The molecule has 1 unspecified atom stereocenters. The lowest BCUT2D eigenvalue weighted by Gasteiger charge is -2.31. The Hall–Kier alpha value is -1.00. The van der Waals surface area contributed by atoms with Crippen molar-refractivity contribution in [3.05, 3.63) is 35.9 Å². The molecule has 0 saturated heterocycles. The van der Waals surface area contributed by atoms with Crippen molar-refractivity contribution in [2.45, 2.75) is 38.0 Å². The summed E-state index contributed by atoms with van der Waals surface area (Å²) in [5.41, 5.74) is 0.212. The molecule has 0 heterocycles. The number of thioether (sulfide) groups is 1.